The topological polar surface area (TPSA) is 342 Å². The molecule has 30 nitrogen and oxygen atoms in total. The number of aromatic nitrogens is 4. The number of rotatable bonds is 31. The molecule has 0 radical (unpaired) electrons. The summed E-state index contributed by atoms with van der Waals surface area (Å²) in [7, 11) is 0. The third-order valence-electron chi connectivity index (χ3n) is 16.0. The Kier molecular flexibility index (Phi) is 42.0. The SMILES string of the molecule is CC(C)(C)OC(=O)CN1CCNCCN(CC(=O)OC(C)(C)C)CCN(CC(=O)OC(C)(C)C)CC1.O=C(CCl)NCCN(CCc1ccccn1)Cc1ccccn1.O=C(O)CN1CCN(CC(=O)O)CCN(CC(=O)NCCN(CCc2ccccn2)Cc2ccccn2)CCN(CC(=O)O)CC1. The minimum Gasteiger partial charge on any atom is -0.480 e. The van der Waals surface area contributed by atoms with E-state index >= 15 is 0 Å². The van der Waals surface area contributed by atoms with Crippen molar-refractivity contribution in [1.82, 2.24) is 80.0 Å². The van der Waals surface area contributed by atoms with E-state index in [1.165, 1.54) is 0 Å². The van der Waals surface area contributed by atoms with Gasteiger partial charge in [0.05, 0.1) is 57.2 Å². The van der Waals surface area contributed by atoms with Crippen molar-refractivity contribution in [2.24, 2.45) is 0 Å². The number of carbonyl (C=O) groups excluding carboxylic acids is 5. The number of carboxylic acids is 3. The second-order valence-corrected chi connectivity index (χ2v) is 29.1. The third kappa shape index (κ3) is 45.4. The second kappa shape index (κ2) is 49.2. The fourth-order valence-corrected chi connectivity index (χ4v) is 11.2. The van der Waals surface area contributed by atoms with Gasteiger partial charge in [-0.15, -0.1) is 11.6 Å². The van der Waals surface area contributed by atoms with Gasteiger partial charge in [-0.25, -0.2) is 0 Å². The molecule has 4 aromatic heterocycles. The Morgan fingerprint density at radius 1 is 0.400 bits per heavy atom. The third-order valence-corrected chi connectivity index (χ3v) is 16.3. The summed E-state index contributed by atoms with van der Waals surface area (Å²) < 4.78 is 16.6. The van der Waals surface area contributed by atoms with Gasteiger partial charge in [-0.2, -0.15) is 0 Å². The van der Waals surface area contributed by atoms with Crippen LogP contribution < -0.4 is 16.0 Å². The van der Waals surface area contributed by atoms with Crippen molar-refractivity contribution in [2.75, 3.05) is 196 Å². The van der Waals surface area contributed by atoms with Crippen molar-refractivity contribution in [3.8, 4) is 0 Å². The molecule has 2 aliphatic heterocycles. The highest BCUT2D eigenvalue weighted by Crippen LogP contribution is 2.13. The van der Waals surface area contributed by atoms with Crippen LogP contribution in [0.1, 0.15) is 85.1 Å². The summed E-state index contributed by atoms with van der Waals surface area (Å²) in [6.07, 6.45) is 8.74. The summed E-state index contributed by atoms with van der Waals surface area (Å²) in [5.41, 5.74) is 2.33. The molecule has 6 heterocycles. The van der Waals surface area contributed by atoms with Gasteiger partial charge in [-0.3, -0.25) is 102 Å². The molecule has 2 saturated heterocycles. The number of nitrogens with one attached hydrogen (secondary N) is 3. The zero-order valence-corrected chi connectivity index (χ0v) is 64.1. The van der Waals surface area contributed by atoms with Gasteiger partial charge in [-0.1, -0.05) is 24.3 Å². The Balaban J connectivity index is 0.000000352. The van der Waals surface area contributed by atoms with E-state index in [2.05, 4.69) is 45.7 Å². The number of amides is 2. The van der Waals surface area contributed by atoms with Crippen molar-refractivity contribution in [1.29, 1.82) is 0 Å². The minimum absolute atomic E-state index is 0.00578. The number of carbonyl (C=O) groups is 8. The second-order valence-electron chi connectivity index (χ2n) is 28.8. The van der Waals surface area contributed by atoms with Gasteiger partial charge in [0.1, 0.15) is 22.7 Å². The van der Waals surface area contributed by atoms with E-state index in [1.54, 1.807) is 39.5 Å². The molecule has 2 aliphatic rings. The number of hydrogen-bond acceptors (Lipinski definition) is 25. The number of hydrogen-bond donors (Lipinski definition) is 6. The fraction of sp³-hybridized carbons (Fsp3) is 0.622. The van der Waals surface area contributed by atoms with Crippen LogP contribution in [0.4, 0.5) is 0 Å². The van der Waals surface area contributed by atoms with Gasteiger partial charge in [0.25, 0.3) is 0 Å². The monoisotopic (exact) mass is 1490 g/mol. The van der Waals surface area contributed by atoms with E-state index < -0.39 is 34.7 Å². The van der Waals surface area contributed by atoms with Crippen molar-refractivity contribution in [3.63, 3.8) is 0 Å². The molecule has 0 spiro atoms. The molecule has 0 saturated carbocycles. The maximum absolute atomic E-state index is 13.1. The van der Waals surface area contributed by atoms with Crippen LogP contribution in [-0.4, -0.2) is 339 Å². The van der Waals surface area contributed by atoms with E-state index in [9.17, 15) is 53.7 Å². The molecule has 4 aromatic rings. The number of nitrogens with zero attached hydrogens (tertiary/aromatic N) is 13. The predicted octanol–water partition coefficient (Wildman–Crippen LogP) is 2.51. The number of pyridine rings is 4. The van der Waals surface area contributed by atoms with Crippen LogP contribution >= 0.6 is 11.6 Å². The Hall–Kier alpha value is -7.75. The largest absolute Gasteiger partial charge is 0.480 e. The van der Waals surface area contributed by atoms with Gasteiger partial charge >= 0.3 is 35.8 Å². The summed E-state index contributed by atoms with van der Waals surface area (Å²) in [6, 6.07) is 23.4. The van der Waals surface area contributed by atoms with Crippen LogP contribution in [0, 0.1) is 0 Å². The van der Waals surface area contributed by atoms with Gasteiger partial charge in [-0.05, 0) is 111 Å². The highest BCUT2D eigenvalue weighted by Gasteiger charge is 2.27. The first kappa shape index (κ1) is 89.6. The quantitative estimate of drug-likeness (QED) is 0.0239. The Morgan fingerprint density at radius 2 is 0.676 bits per heavy atom. The lowest BCUT2D eigenvalue weighted by atomic mass is 10.2. The molecule has 6 N–H and O–H groups in total. The van der Waals surface area contributed by atoms with Gasteiger partial charge < -0.3 is 45.5 Å². The molecule has 6 rings (SSSR count). The number of ether oxygens (including phenoxy) is 3. The van der Waals surface area contributed by atoms with Crippen LogP contribution in [0.15, 0.2) is 97.6 Å². The average Bonchev–Trinajstić information content (AvgIpc) is 0.924. The standard InChI is InChI=1S/C31H46N8O7.C26H50N4O6.C17H21ClN4O/c40-28(34-10-12-35(21-27-6-2-4-9-33-27)11-7-26-5-1-3-8-32-26)22-36-13-15-37(23-29(41)42)17-19-39(25-31(45)46)20-18-38(16-14-36)24-30(43)44;1-24(2,3)34-21(31)18-28-12-10-27-11-13-29(19-22(32)35-25(4,5)6)15-17-30(16-14-28)20-23(33)36-26(7,8)9;18-13-17(23)21-10-12-22(14-16-6-2-4-9-20-16)11-7-15-5-1-3-8-19-15/h1-6,8-9H,7,10-25H2,(H,34,40)(H,41,42)(H,43,44)(H,45,46);27H,10-20H2,1-9H3;1-6,8-9H,7,10-14H2,(H,21,23). The Bertz CT molecular complexity index is 3080. The maximum atomic E-state index is 13.1. The smallest absolute Gasteiger partial charge is 0.320 e. The van der Waals surface area contributed by atoms with Crippen LogP contribution in [0.25, 0.3) is 0 Å². The van der Waals surface area contributed by atoms with Gasteiger partial charge in [0.15, 0.2) is 0 Å². The normalized spacial score (nSPS) is 15.9. The molecule has 0 aromatic carbocycles. The van der Waals surface area contributed by atoms with Gasteiger partial charge in [0, 0.05) is 206 Å². The fourth-order valence-electron chi connectivity index (χ4n) is 11.1. The summed E-state index contributed by atoms with van der Waals surface area (Å²) in [5, 5.41) is 37.4. The average molecular weight is 1490 g/mol. The number of halogens is 1. The lowest BCUT2D eigenvalue weighted by molar-refractivity contribution is -0.158. The van der Waals surface area contributed by atoms with Crippen LogP contribution in [0.5, 0.6) is 0 Å². The number of carboxylic acid groups (broad SMARTS) is 3. The van der Waals surface area contributed by atoms with E-state index in [4.69, 9.17) is 25.8 Å². The van der Waals surface area contributed by atoms with E-state index in [-0.39, 0.29) is 81.4 Å². The molecular formula is C74H117ClN16O14. The molecule has 31 heteroatoms. The number of esters is 3. The van der Waals surface area contributed by atoms with Crippen LogP contribution in [0.2, 0.25) is 0 Å². The van der Waals surface area contributed by atoms with E-state index in [0.717, 1.165) is 61.8 Å². The summed E-state index contributed by atoms with van der Waals surface area (Å²) in [4.78, 5) is 131. The molecule has 0 aliphatic carbocycles. The Labute approximate surface area is 625 Å². The van der Waals surface area contributed by atoms with Crippen molar-refractivity contribution in [2.45, 2.75) is 105 Å². The highest BCUT2D eigenvalue weighted by molar-refractivity contribution is 6.27. The molecule has 0 bridgehead atoms. The minimum atomic E-state index is -1.01. The maximum Gasteiger partial charge on any atom is 0.320 e. The molecule has 584 valence electrons. The summed E-state index contributed by atoms with van der Waals surface area (Å²) in [5.74, 6) is -4.16. The summed E-state index contributed by atoms with van der Waals surface area (Å²) in [6.45, 7) is 29.6. The molecule has 0 atom stereocenters. The van der Waals surface area contributed by atoms with Crippen LogP contribution in [-0.2, 0) is 78.5 Å². The van der Waals surface area contributed by atoms with Crippen molar-refractivity contribution < 1.29 is 67.9 Å². The molecule has 2 amide bonds. The van der Waals surface area contributed by atoms with E-state index in [1.807, 2.05) is 155 Å². The first-order chi connectivity index (χ1) is 49.8. The first-order valence-corrected chi connectivity index (χ1v) is 36.6. The lowest BCUT2D eigenvalue weighted by Gasteiger charge is -2.32. The zero-order chi connectivity index (χ0) is 77.1. The van der Waals surface area contributed by atoms with Gasteiger partial charge in [0.2, 0.25) is 11.8 Å². The lowest BCUT2D eigenvalue weighted by Crippen LogP contribution is -2.50. The van der Waals surface area contributed by atoms with Crippen LogP contribution in [0.3, 0.4) is 0 Å². The molecular weight excluding hydrogens is 1370 g/mol. The van der Waals surface area contributed by atoms with E-state index in [0.29, 0.717) is 131 Å². The number of aliphatic carboxylic acids is 3. The molecule has 105 heavy (non-hydrogen) atoms. The zero-order valence-electron chi connectivity index (χ0n) is 63.3. The van der Waals surface area contributed by atoms with Crippen molar-refractivity contribution in [3.05, 3.63) is 120 Å². The van der Waals surface area contributed by atoms with Crippen molar-refractivity contribution >= 4 is 59.2 Å². The highest BCUT2D eigenvalue weighted by atomic mass is 35.5. The molecule has 0 unspecified atom stereocenters. The molecule has 2 fully saturated rings. The predicted molar refractivity (Wildman–Crippen MR) is 400 cm³/mol. The Morgan fingerprint density at radius 3 is 0.952 bits per heavy atom. The first-order valence-electron chi connectivity index (χ1n) is 36.1. The number of alkyl halides is 1. The summed E-state index contributed by atoms with van der Waals surface area (Å²) >= 11 is 5.49.